The lowest BCUT2D eigenvalue weighted by atomic mass is 9.99. The lowest BCUT2D eigenvalue weighted by molar-refractivity contribution is -0.242. The van der Waals surface area contributed by atoms with E-state index in [4.69, 9.17) is 9.47 Å². The lowest BCUT2D eigenvalue weighted by Gasteiger charge is -2.25. The molecule has 1 saturated heterocycles. The van der Waals surface area contributed by atoms with Crippen molar-refractivity contribution in [2.24, 2.45) is 5.92 Å². The molecular weight excluding hydrogens is 216 g/mol. The second kappa shape index (κ2) is 8.90. The molecule has 3 nitrogen and oxygen atoms in total. The lowest BCUT2D eigenvalue weighted by Crippen LogP contribution is -2.28. The highest BCUT2D eigenvalue weighted by molar-refractivity contribution is 4.58. The molecule has 1 aliphatic rings. The van der Waals surface area contributed by atoms with Crippen molar-refractivity contribution in [3.8, 4) is 0 Å². The summed E-state index contributed by atoms with van der Waals surface area (Å²) in [4.78, 5) is 0. The molecule has 1 aliphatic heterocycles. The first-order valence-electron chi connectivity index (χ1n) is 7.17. The summed E-state index contributed by atoms with van der Waals surface area (Å²) in [5, 5.41) is 9.77. The standard InChI is InChI=1S/C14H28O3/c1-3-4-7-12(2)9-10-13(15)17-14-8-5-6-11-16-14/h12-15H,3-11H2,1-2H3. The van der Waals surface area contributed by atoms with Crippen molar-refractivity contribution in [2.75, 3.05) is 6.61 Å². The van der Waals surface area contributed by atoms with Crippen molar-refractivity contribution >= 4 is 0 Å². The Hall–Kier alpha value is -0.120. The van der Waals surface area contributed by atoms with Gasteiger partial charge < -0.3 is 14.6 Å². The quantitative estimate of drug-likeness (QED) is 0.665. The molecule has 3 heteroatoms. The molecule has 0 aromatic heterocycles. The van der Waals surface area contributed by atoms with Gasteiger partial charge in [-0.05, 0) is 38.0 Å². The zero-order chi connectivity index (χ0) is 12.5. The SMILES string of the molecule is CCCCC(C)CCC(O)OC1CCCCO1. The van der Waals surface area contributed by atoms with Gasteiger partial charge in [0.2, 0.25) is 0 Å². The van der Waals surface area contributed by atoms with Gasteiger partial charge in [0, 0.05) is 6.61 Å². The van der Waals surface area contributed by atoms with Crippen molar-refractivity contribution in [1.29, 1.82) is 0 Å². The van der Waals surface area contributed by atoms with Crippen LogP contribution in [0.3, 0.4) is 0 Å². The number of aliphatic hydroxyl groups excluding tert-OH is 1. The highest BCUT2D eigenvalue weighted by Gasteiger charge is 2.18. The van der Waals surface area contributed by atoms with Crippen LogP contribution in [0.15, 0.2) is 0 Å². The topological polar surface area (TPSA) is 38.7 Å². The van der Waals surface area contributed by atoms with Gasteiger partial charge >= 0.3 is 0 Å². The Bertz CT molecular complexity index is 178. The molecule has 102 valence electrons. The van der Waals surface area contributed by atoms with Gasteiger partial charge in [0.15, 0.2) is 12.6 Å². The highest BCUT2D eigenvalue weighted by Crippen LogP contribution is 2.19. The molecule has 0 aliphatic carbocycles. The van der Waals surface area contributed by atoms with Crippen molar-refractivity contribution < 1.29 is 14.6 Å². The summed E-state index contributed by atoms with van der Waals surface area (Å²) in [6.07, 6.45) is 7.90. The predicted octanol–water partition coefficient (Wildman–Crippen LogP) is 3.45. The van der Waals surface area contributed by atoms with E-state index in [-0.39, 0.29) is 6.29 Å². The van der Waals surface area contributed by atoms with E-state index in [0.717, 1.165) is 38.7 Å². The van der Waals surface area contributed by atoms with Crippen molar-refractivity contribution in [3.63, 3.8) is 0 Å². The summed E-state index contributed by atoms with van der Waals surface area (Å²) in [5.41, 5.74) is 0. The van der Waals surface area contributed by atoms with E-state index in [0.29, 0.717) is 5.92 Å². The van der Waals surface area contributed by atoms with Crippen molar-refractivity contribution in [3.05, 3.63) is 0 Å². The van der Waals surface area contributed by atoms with E-state index in [1.54, 1.807) is 0 Å². The summed E-state index contributed by atoms with van der Waals surface area (Å²) in [5.74, 6) is 0.681. The average Bonchev–Trinajstić information content (AvgIpc) is 2.35. The van der Waals surface area contributed by atoms with E-state index >= 15 is 0 Å². The molecule has 1 rings (SSSR count). The van der Waals surface area contributed by atoms with Crippen LogP contribution in [0.2, 0.25) is 0 Å². The molecule has 0 bridgehead atoms. The third kappa shape index (κ3) is 7.02. The molecule has 1 N–H and O–H groups in total. The minimum Gasteiger partial charge on any atom is -0.368 e. The van der Waals surface area contributed by atoms with Gasteiger partial charge in [-0.15, -0.1) is 0 Å². The Morgan fingerprint density at radius 2 is 2.12 bits per heavy atom. The maximum Gasteiger partial charge on any atom is 0.160 e. The number of rotatable bonds is 8. The third-order valence-corrected chi connectivity index (χ3v) is 3.40. The Morgan fingerprint density at radius 1 is 1.29 bits per heavy atom. The monoisotopic (exact) mass is 244 g/mol. The van der Waals surface area contributed by atoms with Gasteiger partial charge in [-0.3, -0.25) is 0 Å². The Labute approximate surface area is 105 Å². The Balaban J connectivity index is 2.05. The van der Waals surface area contributed by atoms with Crippen LogP contribution in [0.25, 0.3) is 0 Å². The Kier molecular flexibility index (Phi) is 7.82. The average molecular weight is 244 g/mol. The molecule has 0 aromatic carbocycles. The smallest absolute Gasteiger partial charge is 0.160 e. The predicted molar refractivity (Wildman–Crippen MR) is 68.6 cm³/mol. The van der Waals surface area contributed by atoms with Gasteiger partial charge in [0.1, 0.15) is 0 Å². The molecule has 0 saturated carbocycles. The fraction of sp³-hybridized carbons (Fsp3) is 1.00. The van der Waals surface area contributed by atoms with Crippen LogP contribution in [0.5, 0.6) is 0 Å². The third-order valence-electron chi connectivity index (χ3n) is 3.40. The fourth-order valence-electron chi connectivity index (χ4n) is 2.19. The van der Waals surface area contributed by atoms with E-state index in [9.17, 15) is 5.11 Å². The van der Waals surface area contributed by atoms with Gasteiger partial charge in [0.05, 0.1) is 0 Å². The summed E-state index contributed by atoms with van der Waals surface area (Å²) in [7, 11) is 0. The molecule has 0 aromatic rings. The number of aliphatic hydroxyl groups is 1. The van der Waals surface area contributed by atoms with Crippen LogP contribution >= 0.6 is 0 Å². The first-order chi connectivity index (χ1) is 8.22. The molecule has 3 unspecified atom stereocenters. The van der Waals surface area contributed by atoms with Gasteiger partial charge in [-0.25, -0.2) is 0 Å². The summed E-state index contributed by atoms with van der Waals surface area (Å²) in [6.45, 7) is 5.23. The molecule has 0 radical (unpaired) electrons. The molecule has 3 atom stereocenters. The Morgan fingerprint density at radius 3 is 2.76 bits per heavy atom. The van der Waals surface area contributed by atoms with Crippen LogP contribution < -0.4 is 0 Å². The first-order valence-corrected chi connectivity index (χ1v) is 7.17. The van der Waals surface area contributed by atoms with Crippen LogP contribution in [-0.2, 0) is 9.47 Å². The van der Waals surface area contributed by atoms with Crippen LogP contribution in [0, 0.1) is 5.92 Å². The summed E-state index contributed by atoms with van der Waals surface area (Å²) < 4.78 is 10.9. The second-order valence-corrected chi connectivity index (χ2v) is 5.21. The molecule has 1 fully saturated rings. The van der Waals surface area contributed by atoms with Crippen molar-refractivity contribution in [2.45, 2.75) is 77.8 Å². The first kappa shape index (κ1) is 14.9. The van der Waals surface area contributed by atoms with Gasteiger partial charge in [0.25, 0.3) is 0 Å². The van der Waals surface area contributed by atoms with Crippen molar-refractivity contribution in [1.82, 2.24) is 0 Å². The number of hydrogen-bond acceptors (Lipinski definition) is 3. The number of hydrogen-bond donors (Lipinski definition) is 1. The van der Waals surface area contributed by atoms with Crippen LogP contribution in [-0.4, -0.2) is 24.3 Å². The van der Waals surface area contributed by atoms with E-state index < -0.39 is 6.29 Å². The summed E-state index contributed by atoms with van der Waals surface area (Å²) >= 11 is 0. The normalized spacial score (nSPS) is 24.5. The largest absolute Gasteiger partial charge is 0.368 e. The van der Waals surface area contributed by atoms with Crippen LogP contribution in [0.4, 0.5) is 0 Å². The summed E-state index contributed by atoms with van der Waals surface area (Å²) in [6, 6.07) is 0. The highest BCUT2D eigenvalue weighted by atomic mass is 16.7. The van der Waals surface area contributed by atoms with E-state index in [2.05, 4.69) is 13.8 Å². The van der Waals surface area contributed by atoms with E-state index in [1.165, 1.54) is 19.3 Å². The molecule has 0 amide bonds. The molecular formula is C14H28O3. The zero-order valence-corrected chi connectivity index (χ0v) is 11.4. The maximum atomic E-state index is 9.77. The maximum absolute atomic E-state index is 9.77. The number of unbranched alkanes of at least 4 members (excludes halogenated alkanes) is 1. The molecule has 1 heterocycles. The van der Waals surface area contributed by atoms with Gasteiger partial charge in [-0.1, -0.05) is 33.1 Å². The van der Waals surface area contributed by atoms with E-state index in [1.807, 2.05) is 0 Å². The minimum absolute atomic E-state index is 0.176. The number of ether oxygens (including phenoxy) is 2. The zero-order valence-electron chi connectivity index (χ0n) is 11.4. The van der Waals surface area contributed by atoms with Gasteiger partial charge in [-0.2, -0.15) is 0 Å². The minimum atomic E-state index is -0.651. The second-order valence-electron chi connectivity index (χ2n) is 5.21. The molecule has 17 heavy (non-hydrogen) atoms. The molecule has 0 spiro atoms. The fourth-order valence-corrected chi connectivity index (χ4v) is 2.19. The van der Waals surface area contributed by atoms with Crippen LogP contribution in [0.1, 0.15) is 65.2 Å².